The highest BCUT2D eigenvalue weighted by molar-refractivity contribution is 7.89. The highest BCUT2D eigenvalue weighted by Gasteiger charge is 2.26. The second kappa shape index (κ2) is 7.25. The fraction of sp³-hybridized carbons (Fsp3) is 0.600. The van der Waals surface area contributed by atoms with Crippen LogP contribution in [0.25, 0.3) is 0 Å². The third-order valence-corrected chi connectivity index (χ3v) is 6.33. The first-order valence-electron chi connectivity index (χ1n) is 7.73. The quantitative estimate of drug-likeness (QED) is 0.719. The van der Waals surface area contributed by atoms with Crippen molar-refractivity contribution in [3.8, 4) is 11.5 Å². The van der Waals surface area contributed by atoms with Crippen LogP contribution in [0.3, 0.4) is 0 Å². The van der Waals surface area contributed by atoms with Gasteiger partial charge < -0.3 is 9.47 Å². The molecule has 0 saturated carbocycles. The lowest BCUT2D eigenvalue weighted by atomic mass is 10.2. The molecule has 0 atom stereocenters. The highest BCUT2D eigenvalue weighted by atomic mass is 35.5. The van der Waals surface area contributed by atoms with Gasteiger partial charge in [-0.1, -0.05) is 6.07 Å². The first kappa shape index (κ1) is 16.8. The van der Waals surface area contributed by atoms with E-state index in [0.29, 0.717) is 25.4 Å². The van der Waals surface area contributed by atoms with Gasteiger partial charge in [-0.25, -0.2) is 8.42 Å². The van der Waals surface area contributed by atoms with E-state index in [0.717, 1.165) is 36.7 Å². The Morgan fingerprint density at radius 1 is 1.09 bits per heavy atom. The number of sulfonamides is 1. The molecule has 6 nitrogen and oxygen atoms in total. The van der Waals surface area contributed by atoms with Crippen molar-refractivity contribution in [1.29, 1.82) is 0 Å². The normalized spacial score (nSPS) is 19.2. The third kappa shape index (κ3) is 4.09. The van der Waals surface area contributed by atoms with Gasteiger partial charge in [0, 0.05) is 38.6 Å². The molecule has 1 aromatic rings. The van der Waals surface area contributed by atoms with Crippen LogP contribution in [0.15, 0.2) is 18.2 Å². The summed E-state index contributed by atoms with van der Waals surface area (Å²) in [5, 5.41) is 0. The van der Waals surface area contributed by atoms with E-state index in [1.54, 1.807) is 4.31 Å². The van der Waals surface area contributed by atoms with Crippen LogP contribution in [0.1, 0.15) is 12.0 Å². The molecule has 2 heterocycles. The molecule has 2 aliphatic rings. The molecule has 1 aromatic carbocycles. The summed E-state index contributed by atoms with van der Waals surface area (Å²) in [5.41, 5.74) is 1.15. The Labute approximate surface area is 142 Å². The topological polar surface area (TPSA) is 59.1 Å². The number of benzene rings is 1. The average Bonchev–Trinajstić information content (AvgIpc) is 3.01. The number of nitrogens with zero attached hydrogens (tertiary/aromatic N) is 2. The van der Waals surface area contributed by atoms with Crippen LogP contribution in [0.5, 0.6) is 11.5 Å². The monoisotopic (exact) mass is 360 g/mol. The molecule has 3 rings (SSSR count). The first-order chi connectivity index (χ1) is 11.1. The van der Waals surface area contributed by atoms with Crippen LogP contribution in [0, 0.1) is 0 Å². The summed E-state index contributed by atoms with van der Waals surface area (Å²) in [6, 6.07) is 5.94. The fourth-order valence-electron chi connectivity index (χ4n) is 2.83. The molecule has 2 aliphatic heterocycles. The Hall–Kier alpha value is -1.02. The lowest BCUT2D eigenvalue weighted by Gasteiger charge is -2.34. The van der Waals surface area contributed by atoms with Crippen LogP contribution in [-0.2, 0) is 16.6 Å². The molecule has 23 heavy (non-hydrogen) atoms. The summed E-state index contributed by atoms with van der Waals surface area (Å²) < 4.78 is 36.6. The van der Waals surface area contributed by atoms with E-state index in [2.05, 4.69) is 4.90 Å². The summed E-state index contributed by atoms with van der Waals surface area (Å²) in [4.78, 5) is 2.26. The van der Waals surface area contributed by atoms with Gasteiger partial charge in [0.2, 0.25) is 16.8 Å². The minimum absolute atomic E-state index is 0.138. The Morgan fingerprint density at radius 3 is 2.57 bits per heavy atom. The second-order valence-corrected chi connectivity index (χ2v) is 8.19. The van der Waals surface area contributed by atoms with Gasteiger partial charge in [-0.3, -0.25) is 4.90 Å². The van der Waals surface area contributed by atoms with E-state index < -0.39 is 10.0 Å². The van der Waals surface area contributed by atoms with Gasteiger partial charge in [0.15, 0.2) is 11.5 Å². The van der Waals surface area contributed by atoms with E-state index in [9.17, 15) is 8.42 Å². The maximum absolute atomic E-state index is 12.2. The predicted molar refractivity (Wildman–Crippen MR) is 88.5 cm³/mol. The van der Waals surface area contributed by atoms with Gasteiger partial charge >= 0.3 is 0 Å². The van der Waals surface area contributed by atoms with Crippen molar-refractivity contribution in [2.45, 2.75) is 13.0 Å². The van der Waals surface area contributed by atoms with E-state index in [1.807, 2.05) is 18.2 Å². The van der Waals surface area contributed by atoms with Crippen LogP contribution in [-0.4, -0.2) is 62.2 Å². The second-order valence-electron chi connectivity index (χ2n) is 5.72. The zero-order chi connectivity index (χ0) is 16.3. The van der Waals surface area contributed by atoms with Crippen molar-refractivity contribution in [3.63, 3.8) is 0 Å². The number of alkyl halides is 1. The Bertz CT molecular complexity index is 645. The molecule has 8 heteroatoms. The number of halogens is 1. The number of fused-ring (bicyclic) bond motifs is 1. The summed E-state index contributed by atoms with van der Waals surface area (Å²) >= 11 is 5.59. The number of piperazine rings is 1. The maximum atomic E-state index is 12.2. The van der Waals surface area contributed by atoms with Crippen molar-refractivity contribution in [3.05, 3.63) is 23.8 Å². The van der Waals surface area contributed by atoms with Gasteiger partial charge in [0.25, 0.3) is 0 Å². The SMILES string of the molecule is O=S(=O)(CCCCl)N1CCN(Cc2ccc3c(c2)OCO3)CC1. The number of hydrogen-bond donors (Lipinski definition) is 0. The minimum Gasteiger partial charge on any atom is -0.454 e. The average molecular weight is 361 g/mol. The minimum atomic E-state index is -3.16. The summed E-state index contributed by atoms with van der Waals surface area (Å²) in [7, 11) is -3.16. The molecule has 128 valence electrons. The summed E-state index contributed by atoms with van der Waals surface area (Å²) in [6.45, 7) is 3.59. The maximum Gasteiger partial charge on any atom is 0.231 e. The van der Waals surface area contributed by atoms with Crippen molar-refractivity contribution in [2.24, 2.45) is 0 Å². The smallest absolute Gasteiger partial charge is 0.231 e. The van der Waals surface area contributed by atoms with Gasteiger partial charge in [0.1, 0.15) is 0 Å². The van der Waals surface area contributed by atoms with Crippen molar-refractivity contribution >= 4 is 21.6 Å². The van der Waals surface area contributed by atoms with E-state index in [4.69, 9.17) is 21.1 Å². The van der Waals surface area contributed by atoms with Gasteiger partial charge in [-0.05, 0) is 24.1 Å². The molecular formula is C15H21ClN2O4S. The number of hydrogen-bond acceptors (Lipinski definition) is 5. The molecule has 0 amide bonds. The van der Waals surface area contributed by atoms with Crippen LogP contribution >= 0.6 is 11.6 Å². The van der Waals surface area contributed by atoms with Gasteiger partial charge in [-0.15, -0.1) is 11.6 Å². The predicted octanol–water partition coefficient (Wildman–Crippen LogP) is 1.49. The molecule has 0 N–H and O–H groups in total. The van der Waals surface area contributed by atoms with E-state index in [1.165, 1.54) is 0 Å². The zero-order valence-electron chi connectivity index (χ0n) is 12.9. The summed E-state index contributed by atoms with van der Waals surface area (Å²) in [5.74, 6) is 2.08. The van der Waals surface area contributed by atoms with Crippen molar-refractivity contribution < 1.29 is 17.9 Å². The summed E-state index contributed by atoms with van der Waals surface area (Å²) in [6.07, 6.45) is 0.501. The molecule has 1 fully saturated rings. The number of ether oxygens (including phenoxy) is 2. The molecule has 1 saturated heterocycles. The molecule has 0 spiro atoms. The fourth-order valence-corrected chi connectivity index (χ4v) is 4.61. The molecule has 0 bridgehead atoms. The lowest BCUT2D eigenvalue weighted by molar-refractivity contribution is 0.173. The van der Waals surface area contributed by atoms with Gasteiger partial charge in [-0.2, -0.15) is 4.31 Å². The van der Waals surface area contributed by atoms with E-state index in [-0.39, 0.29) is 12.5 Å². The van der Waals surface area contributed by atoms with Crippen LogP contribution in [0.4, 0.5) is 0 Å². The number of rotatable bonds is 6. The highest BCUT2D eigenvalue weighted by Crippen LogP contribution is 2.32. The molecule has 0 radical (unpaired) electrons. The first-order valence-corrected chi connectivity index (χ1v) is 9.87. The largest absolute Gasteiger partial charge is 0.454 e. The standard InChI is InChI=1S/C15H21ClN2O4S/c16-4-1-9-23(19,20)18-7-5-17(6-8-18)11-13-2-3-14-15(10-13)22-12-21-14/h2-3,10H,1,4-9,11-12H2. The molecular weight excluding hydrogens is 340 g/mol. The third-order valence-electron chi connectivity index (χ3n) is 4.10. The van der Waals surface area contributed by atoms with Crippen molar-refractivity contribution in [2.75, 3.05) is 44.6 Å². The van der Waals surface area contributed by atoms with E-state index >= 15 is 0 Å². The Kier molecular flexibility index (Phi) is 5.31. The lowest BCUT2D eigenvalue weighted by Crippen LogP contribution is -2.48. The van der Waals surface area contributed by atoms with Gasteiger partial charge in [0.05, 0.1) is 5.75 Å². The molecule has 0 aromatic heterocycles. The Balaban J connectivity index is 1.53. The Morgan fingerprint density at radius 2 is 1.83 bits per heavy atom. The van der Waals surface area contributed by atoms with Crippen molar-refractivity contribution in [1.82, 2.24) is 9.21 Å². The van der Waals surface area contributed by atoms with Crippen LogP contribution in [0.2, 0.25) is 0 Å². The molecule has 0 aliphatic carbocycles. The molecule has 0 unspecified atom stereocenters. The van der Waals surface area contributed by atoms with Crippen LogP contribution < -0.4 is 9.47 Å². The zero-order valence-corrected chi connectivity index (χ0v) is 14.5.